The Labute approximate surface area is 114 Å². The van der Waals surface area contributed by atoms with Crippen LogP contribution in [-0.2, 0) is 0 Å². The van der Waals surface area contributed by atoms with E-state index in [2.05, 4.69) is 5.32 Å². The average Bonchev–Trinajstić information content (AvgIpc) is 2.89. The molecule has 0 aliphatic carbocycles. The minimum absolute atomic E-state index is 0.0101. The third kappa shape index (κ3) is 2.88. The normalized spacial score (nSPS) is 18.1. The number of urea groups is 1. The van der Waals surface area contributed by atoms with Gasteiger partial charge in [-0.3, -0.25) is 0 Å². The molecule has 1 aliphatic heterocycles. The van der Waals surface area contributed by atoms with Crippen molar-refractivity contribution in [2.75, 3.05) is 25.0 Å². The zero-order valence-electron chi connectivity index (χ0n) is 10.7. The van der Waals surface area contributed by atoms with E-state index in [-0.39, 0.29) is 23.8 Å². The first-order valence-electron chi connectivity index (χ1n) is 6.21. The first-order chi connectivity index (χ1) is 9.52. The molecule has 1 heterocycles. The molecule has 1 aliphatic rings. The van der Waals surface area contributed by atoms with E-state index in [1.54, 1.807) is 0 Å². The summed E-state index contributed by atoms with van der Waals surface area (Å²) in [5, 5.41) is 20.3. The number of aliphatic hydroxyl groups is 1. The van der Waals surface area contributed by atoms with Crippen molar-refractivity contribution >= 4 is 17.7 Å². The first-order valence-corrected chi connectivity index (χ1v) is 6.21. The molecule has 3 N–H and O–H groups in total. The van der Waals surface area contributed by atoms with Crippen molar-refractivity contribution in [3.63, 3.8) is 0 Å². The maximum atomic E-state index is 13.7. The Bertz CT molecular complexity index is 535. The number of para-hydroxylation sites is 1. The first kappa shape index (κ1) is 14.3. The zero-order valence-corrected chi connectivity index (χ0v) is 10.7. The smallest absolute Gasteiger partial charge is 0.337 e. The standard InChI is InChI=1S/C13H15FN2O4/c14-10-3-1-2-9(12(18)19)11(10)15-13(20)16-5-4-8(6-16)7-17/h1-3,8,17H,4-7H2,(H,15,20)(H,18,19). The molecule has 0 bridgehead atoms. The maximum absolute atomic E-state index is 13.7. The lowest BCUT2D eigenvalue weighted by Crippen LogP contribution is -2.34. The minimum atomic E-state index is -1.31. The quantitative estimate of drug-likeness (QED) is 0.781. The number of benzene rings is 1. The molecule has 7 heteroatoms. The number of amides is 2. The molecular weight excluding hydrogens is 267 g/mol. The molecule has 2 amide bonds. The van der Waals surface area contributed by atoms with Gasteiger partial charge in [-0.05, 0) is 18.6 Å². The predicted octanol–water partition coefficient (Wildman–Crippen LogP) is 1.37. The fourth-order valence-corrected chi connectivity index (χ4v) is 2.18. The molecule has 0 saturated carbocycles. The van der Waals surface area contributed by atoms with Crippen molar-refractivity contribution in [3.05, 3.63) is 29.6 Å². The molecule has 20 heavy (non-hydrogen) atoms. The molecular formula is C13H15FN2O4. The zero-order chi connectivity index (χ0) is 14.7. The Morgan fingerprint density at radius 3 is 2.80 bits per heavy atom. The highest BCUT2D eigenvalue weighted by Gasteiger charge is 2.27. The monoisotopic (exact) mass is 282 g/mol. The van der Waals surface area contributed by atoms with Crippen LogP contribution in [0.5, 0.6) is 0 Å². The number of rotatable bonds is 3. The number of anilines is 1. The second-order valence-corrected chi connectivity index (χ2v) is 4.68. The summed E-state index contributed by atoms with van der Waals surface area (Å²) in [5.74, 6) is -2.09. The molecule has 0 spiro atoms. The number of hydrogen-bond acceptors (Lipinski definition) is 3. The van der Waals surface area contributed by atoms with Crippen molar-refractivity contribution in [1.29, 1.82) is 0 Å². The van der Waals surface area contributed by atoms with E-state index in [4.69, 9.17) is 10.2 Å². The summed E-state index contributed by atoms with van der Waals surface area (Å²) < 4.78 is 13.7. The highest BCUT2D eigenvalue weighted by Crippen LogP contribution is 2.22. The van der Waals surface area contributed by atoms with Crippen LogP contribution >= 0.6 is 0 Å². The van der Waals surface area contributed by atoms with Gasteiger partial charge in [-0.2, -0.15) is 0 Å². The number of carbonyl (C=O) groups is 2. The molecule has 1 unspecified atom stereocenters. The molecule has 1 aromatic carbocycles. The van der Waals surface area contributed by atoms with Gasteiger partial charge >= 0.3 is 12.0 Å². The SMILES string of the molecule is O=C(O)c1cccc(F)c1NC(=O)N1CCC(CO)C1. The topological polar surface area (TPSA) is 89.9 Å². The highest BCUT2D eigenvalue weighted by molar-refractivity contribution is 6.00. The van der Waals surface area contributed by atoms with Gasteiger partial charge in [0.25, 0.3) is 0 Å². The van der Waals surface area contributed by atoms with Crippen molar-refractivity contribution in [3.8, 4) is 0 Å². The Kier molecular flexibility index (Phi) is 4.19. The van der Waals surface area contributed by atoms with Gasteiger partial charge in [-0.25, -0.2) is 14.0 Å². The summed E-state index contributed by atoms with van der Waals surface area (Å²) in [6, 6.07) is 3.02. The van der Waals surface area contributed by atoms with Gasteiger partial charge in [0.05, 0.1) is 11.3 Å². The number of likely N-dealkylation sites (tertiary alicyclic amines) is 1. The minimum Gasteiger partial charge on any atom is -0.478 e. The number of carbonyl (C=O) groups excluding carboxylic acids is 1. The number of aromatic carboxylic acids is 1. The van der Waals surface area contributed by atoms with Crippen molar-refractivity contribution in [2.45, 2.75) is 6.42 Å². The van der Waals surface area contributed by atoms with Crippen LogP contribution in [0.25, 0.3) is 0 Å². The molecule has 1 saturated heterocycles. The van der Waals surface area contributed by atoms with Crippen LogP contribution in [0.1, 0.15) is 16.8 Å². The van der Waals surface area contributed by atoms with Crippen LogP contribution in [0.15, 0.2) is 18.2 Å². The molecule has 1 fully saturated rings. The van der Waals surface area contributed by atoms with Crippen molar-refractivity contribution < 1.29 is 24.2 Å². The van der Waals surface area contributed by atoms with Crippen LogP contribution in [0, 0.1) is 11.7 Å². The van der Waals surface area contributed by atoms with Crippen molar-refractivity contribution in [2.24, 2.45) is 5.92 Å². The fourth-order valence-electron chi connectivity index (χ4n) is 2.18. The van der Waals surface area contributed by atoms with Gasteiger partial charge < -0.3 is 20.4 Å². The number of carboxylic acids is 1. The van der Waals surface area contributed by atoms with Crippen molar-refractivity contribution in [1.82, 2.24) is 4.90 Å². The Hall–Kier alpha value is -2.15. The molecule has 6 nitrogen and oxygen atoms in total. The Balaban J connectivity index is 2.14. The molecule has 1 atom stereocenters. The van der Waals surface area contributed by atoms with Crippen LogP contribution in [0.2, 0.25) is 0 Å². The number of nitrogens with zero attached hydrogens (tertiary/aromatic N) is 1. The van der Waals surface area contributed by atoms with Gasteiger partial charge in [0, 0.05) is 25.6 Å². The van der Waals surface area contributed by atoms with Gasteiger partial charge in [0.1, 0.15) is 5.82 Å². The van der Waals surface area contributed by atoms with Crippen LogP contribution in [-0.4, -0.2) is 46.8 Å². The average molecular weight is 282 g/mol. The van der Waals surface area contributed by atoms with Gasteiger partial charge in [-0.1, -0.05) is 6.07 Å². The van der Waals surface area contributed by atoms with Crippen LogP contribution in [0.3, 0.4) is 0 Å². The van der Waals surface area contributed by atoms with E-state index in [0.29, 0.717) is 19.5 Å². The summed E-state index contributed by atoms with van der Waals surface area (Å²) in [6.07, 6.45) is 0.674. The molecule has 0 radical (unpaired) electrons. The van der Waals surface area contributed by atoms with E-state index in [1.807, 2.05) is 0 Å². The number of aliphatic hydroxyl groups excluding tert-OH is 1. The lowest BCUT2D eigenvalue weighted by atomic mass is 10.1. The van der Waals surface area contributed by atoms with Crippen LogP contribution in [0.4, 0.5) is 14.9 Å². The molecule has 0 aromatic heterocycles. The molecule has 1 aromatic rings. The second kappa shape index (κ2) is 5.87. The lowest BCUT2D eigenvalue weighted by Gasteiger charge is -2.18. The maximum Gasteiger partial charge on any atom is 0.337 e. The van der Waals surface area contributed by atoms with E-state index in [9.17, 15) is 14.0 Å². The Morgan fingerprint density at radius 1 is 1.45 bits per heavy atom. The van der Waals surface area contributed by atoms with Gasteiger partial charge in [0.15, 0.2) is 0 Å². The summed E-state index contributed by atoms with van der Waals surface area (Å²) in [5.41, 5.74) is -0.631. The highest BCUT2D eigenvalue weighted by atomic mass is 19.1. The molecule has 2 rings (SSSR count). The van der Waals surface area contributed by atoms with E-state index < -0.39 is 17.8 Å². The second-order valence-electron chi connectivity index (χ2n) is 4.68. The van der Waals surface area contributed by atoms with Gasteiger partial charge in [0.2, 0.25) is 0 Å². The third-order valence-electron chi connectivity index (χ3n) is 3.31. The molecule has 108 valence electrons. The van der Waals surface area contributed by atoms with E-state index >= 15 is 0 Å². The number of hydrogen-bond donors (Lipinski definition) is 3. The third-order valence-corrected chi connectivity index (χ3v) is 3.31. The van der Waals surface area contributed by atoms with E-state index in [0.717, 1.165) is 6.07 Å². The number of halogens is 1. The number of nitrogens with one attached hydrogen (secondary N) is 1. The number of carboxylic acid groups (broad SMARTS) is 1. The summed E-state index contributed by atoms with van der Waals surface area (Å²) in [7, 11) is 0. The summed E-state index contributed by atoms with van der Waals surface area (Å²) >= 11 is 0. The summed E-state index contributed by atoms with van der Waals surface area (Å²) in [6.45, 7) is 0.816. The van der Waals surface area contributed by atoms with E-state index in [1.165, 1.54) is 17.0 Å². The Morgan fingerprint density at radius 2 is 2.20 bits per heavy atom. The largest absolute Gasteiger partial charge is 0.478 e. The van der Waals surface area contributed by atoms with Gasteiger partial charge in [-0.15, -0.1) is 0 Å². The lowest BCUT2D eigenvalue weighted by molar-refractivity contribution is 0.0697. The summed E-state index contributed by atoms with van der Waals surface area (Å²) in [4.78, 5) is 24.4. The fraction of sp³-hybridized carbons (Fsp3) is 0.385. The predicted molar refractivity (Wildman–Crippen MR) is 69.1 cm³/mol. The van der Waals surface area contributed by atoms with Crippen LogP contribution < -0.4 is 5.32 Å².